The predicted octanol–water partition coefficient (Wildman–Crippen LogP) is 2.70. The lowest BCUT2D eigenvalue weighted by molar-refractivity contribution is 0.276. The molecule has 88 valence electrons. The summed E-state index contributed by atoms with van der Waals surface area (Å²) in [4.78, 5) is 2.20. The van der Waals surface area contributed by atoms with E-state index in [2.05, 4.69) is 4.90 Å². The number of hydrogen-bond donors (Lipinski definition) is 1. The van der Waals surface area contributed by atoms with Gasteiger partial charge in [0.15, 0.2) is 0 Å². The van der Waals surface area contributed by atoms with Crippen molar-refractivity contribution >= 4 is 5.69 Å². The molecule has 0 bridgehead atoms. The van der Waals surface area contributed by atoms with Crippen molar-refractivity contribution in [1.29, 1.82) is 0 Å². The number of halogens is 1. The molecule has 1 aliphatic rings. The van der Waals surface area contributed by atoms with Crippen LogP contribution in [0.15, 0.2) is 18.2 Å². The standard InChI is InChI=1S/C13H18FNO/c14-12-6-5-7-13(11(12)10-16)15-8-3-1-2-4-9-15/h5-7,16H,1-4,8-10H2. The summed E-state index contributed by atoms with van der Waals surface area (Å²) in [7, 11) is 0. The monoisotopic (exact) mass is 223 g/mol. The van der Waals surface area contributed by atoms with Crippen molar-refractivity contribution < 1.29 is 9.50 Å². The van der Waals surface area contributed by atoms with E-state index in [1.807, 2.05) is 6.07 Å². The third kappa shape index (κ3) is 2.35. The van der Waals surface area contributed by atoms with Crippen LogP contribution in [-0.4, -0.2) is 18.2 Å². The first kappa shape index (κ1) is 11.4. The highest BCUT2D eigenvalue weighted by molar-refractivity contribution is 5.54. The Morgan fingerprint density at radius 1 is 1.12 bits per heavy atom. The normalized spacial score (nSPS) is 17.2. The van der Waals surface area contributed by atoms with Crippen molar-refractivity contribution in [2.24, 2.45) is 0 Å². The van der Waals surface area contributed by atoms with Crippen LogP contribution in [0.3, 0.4) is 0 Å². The molecule has 0 radical (unpaired) electrons. The Morgan fingerprint density at radius 2 is 1.81 bits per heavy atom. The van der Waals surface area contributed by atoms with Gasteiger partial charge in [-0.1, -0.05) is 18.9 Å². The van der Waals surface area contributed by atoms with Gasteiger partial charge in [-0.25, -0.2) is 4.39 Å². The highest BCUT2D eigenvalue weighted by Crippen LogP contribution is 2.25. The van der Waals surface area contributed by atoms with Crippen LogP contribution in [0, 0.1) is 5.82 Å². The van der Waals surface area contributed by atoms with Crippen LogP contribution >= 0.6 is 0 Å². The van der Waals surface area contributed by atoms with Gasteiger partial charge in [0, 0.05) is 24.3 Å². The van der Waals surface area contributed by atoms with Crippen molar-refractivity contribution in [3.63, 3.8) is 0 Å². The van der Waals surface area contributed by atoms with Crippen LogP contribution in [0.2, 0.25) is 0 Å². The molecule has 1 aliphatic heterocycles. The second-order valence-corrected chi connectivity index (χ2v) is 4.30. The molecule has 0 aliphatic carbocycles. The van der Waals surface area contributed by atoms with Gasteiger partial charge in [0.25, 0.3) is 0 Å². The molecule has 1 aromatic carbocycles. The fraction of sp³-hybridized carbons (Fsp3) is 0.538. The molecule has 0 amide bonds. The third-order valence-corrected chi connectivity index (χ3v) is 3.20. The quantitative estimate of drug-likeness (QED) is 0.833. The Bertz CT molecular complexity index is 346. The summed E-state index contributed by atoms with van der Waals surface area (Å²) in [5.41, 5.74) is 1.30. The summed E-state index contributed by atoms with van der Waals surface area (Å²) in [5, 5.41) is 9.23. The van der Waals surface area contributed by atoms with Crippen molar-refractivity contribution in [2.75, 3.05) is 18.0 Å². The minimum absolute atomic E-state index is 0.224. The molecule has 1 N–H and O–H groups in total. The Morgan fingerprint density at radius 3 is 2.44 bits per heavy atom. The fourth-order valence-electron chi connectivity index (χ4n) is 2.31. The number of nitrogens with zero attached hydrogens (tertiary/aromatic N) is 1. The SMILES string of the molecule is OCc1c(F)cccc1N1CCCCCC1. The van der Waals surface area contributed by atoms with E-state index in [1.54, 1.807) is 6.07 Å². The fourth-order valence-corrected chi connectivity index (χ4v) is 2.31. The first-order valence-electron chi connectivity index (χ1n) is 5.96. The van der Waals surface area contributed by atoms with Gasteiger partial charge in [-0.05, 0) is 25.0 Å². The van der Waals surface area contributed by atoms with Crippen LogP contribution in [0.25, 0.3) is 0 Å². The molecule has 0 saturated carbocycles. The molecule has 1 aromatic rings. The maximum Gasteiger partial charge on any atom is 0.130 e. The molecule has 0 unspecified atom stereocenters. The largest absolute Gasteiger partial charge is 0.391 e. The topological polar surface area (TPSA) is 23.5 Å². The first-order valence-corrected chi connectivity index (χ1v) is 5.96. The Labute approximate surface area is 95.7 Å². The first-order chi connectivity index (χ1) is 7.83. The van der Waals surface area contributed by atoms with Crippen LogP contribution in [0.1, 0.15) is 31.2 Å². The van der Waals surface area contributed by atoms with Crippen molar-refractivity contribution in [2.45, 2.75) is 32.3 Å². The Hall–Kier alpha value is -1.09. The number of aliphatic hydroxyl groups excluding tert-OH is 1. The minimum atomic E-state index is -0.302. The second-order valence-electron chi connectivity index (χ2n) is 4.30. The smallest absolute Gasteiger partial charge is 0.130 e. The Kier molecular flexibility index (Phi) is 3.78. The molecule has 1 saturated heterocycles. The molecule has 2 nitrogen and oxygen atoms in total. The Balaban J connectivity index is 2.27. The molecule has 2 rings (SSSR count). The van der Waals surface area contributed by atoms with Gasteiger partial charge in [-0.3, -0.25) is 0 Å². The molecule has 0 spiro atoms. The number of hydrogen-bond acceptors (Lipinski definition) is 2. The van der Waals surface area contributed by atoms with E-state index in [-0.39, 0.29) is 12.4 Å². The van der Waals surface area contributed by atoms with Gasteiger partial charge in [0.2, 0.25) is 0 Å². The van der Waals surface area contributed by atoms with Crippen LogP contribution in [0.4, 0.5) is 10.1 Å². The number of anilines is 1. The molecular weight excluding hydrogens is 205 g/mol. The van der Waals surface area contributed by atoms with Crippen molar-refractivity contribution in [3.8, 4) is 0 Å². The van der Waals surface area contributed by atoms with Crippen molar-refractivity contribution in [3.05, 3.63) is 29.6 Å². The van der Waals surface area contributed by atoms with Gasteiger partial charge < -0.3 is 10.0 Å². The number of aliphatic hydroxyl groups is 1. The molecule has 1 heterocycles. The summed E-state index contributed by atoms with van der Waals surface area (Å²) in [6.07, 6.45) is 4.81. The van der Waals surface area contributed by atoms with E-state index in [1.165, 1.54) is 18.9 Å². The lowest BCUT2D eigenvalue weighted by Gasteiger charge is -2.25. The van der Waals surface area contributed by atoms with Gasteiger partial charge in [0.1, 0.15) is 5.82 Å². The highest BCUT2D eigenvalue weighted by atomic mass is 19.1. The molecule has 16 heavy (non-hydrogen) atoms. The lowest BCUT2D eigenvalue weighted by atomic mass is 10.1. The zero-order chi connectivity index (χ0) is 11.4. The zero-order valence-electron chi connectivity index (χ0n) is 9.45. The van der Waals surface area contributed by atoms with Crippen LogP contribution in [0.5, 0.6) is 0 Å². The maximum absolute atomic E-state index is 13.5. The van der Waals surface area contributed by atoms with E-state index in [0.717, 1.165) is 31.6 Å². The van der Waals surface area contributed by atoms with Crippen LogP contribution in [-0.2, 0) is 6.61 Å². The number of benzene rings is 1. The average molecular weight is 223 g/mol. The molecule has 3 heteroatoms. The summed E-state index contributed by atoms with van der Waals surface area (Å²) in [6.45, 7) is 1.71. The molecular formula is C13H18FNO. The van der Waals surface area contributed by atoms with Gasteiger partial charge in [-0.2, -0.15) is 0 Å². The van der Waals surface area contributed by atoms with E-state index in [0.29, 0.717) is 5.56 Å². The summed E-state index contributed by atoms with van der Waals surface area (Å²) in [6, 6.07) is 5.03. The summed E-state index contributed by atoms with van der Waals surface area (Å²) < 4.78 is 13.5. The second kappa shape index (κ2) is 5.30. The molecule has 0 atom stereocenters. The van der Waals surface area contributed by atoms with E-state index in [4.69, 9.17) is 0 Å². The summed E-state index contributed by atoms with van der Waals surface area (Å²) >= 11 is 0. The summed E-state index contributed by atoms with van der Waals surface area (Å²) in [5.74, 6) is -0.302. The van der Waals surface area contributed by atoms with Gasteiger partial charge >= 0.3 is 0 Å². The predicted molar refractivity (Wildman–Crippen MR) is 63.0 cm³/mol. The lowest BCUT2D eigenvalue weighted by Crippen LogP contribution is -2.25. The van der Waals surface area contributed by atoms with Gasteiger partial charge in [-0.15, -0.1) is 0 Å². The molecule has 1 fully saturated rings. The van der Waals surface area contributed by atoms with Gasteiger partial charge in [0.05, 0.1) is 6.61 Å². The van der Waals surface area contributed by atoms with Crippen molar-refractivity contribution in [1.82, 2.24) is 0 Å². The average Bonchev–Trinajstić information content (AvgIpc) is 2.57. The molecule has 0 aromatic heterocycles. The van der Waals surface area contributed by atoms with E-state index < -0.39 is 0 Å². The van der Waals surface area contributed by atoms with E-state index in [9.17, 15) is 9.50 Å². The highest BCUT2D eigenvalue weighted by Gasteiger charge is 2.15. The zero-order valence-corrected chi connectivity index (χ0v) is 9.45. The number of rotatable bonds is 2. The minimum Gasteiger partial charge on any atom is -0.391 e. The van der Waals surface area contributed by atoms with E-state index >= 15 is 0 Å². The van der Waals surface area contributed by atoms with Crippen LogP contribution < -0.4 is 4.90 Å². The third-order valence-electron chi connectivity index (χ3n) is 3.20. The maximum atomic E-state index is 13.5.